The van der Waals surface area contributed by atoms with Crippen molar-refractivity contribution in [1.82, 2.24) is 15.1 Å². The lowest BCUT2D eigenvalue weighted by molar-refractivity contribution is 0.162. The van der Waals surface area contributed by atoms with Crippen LogP contribution in [0, 0.1) is 5.92 Å². The van der Waals surface area contributed by atoms with Gasteiger partial charge in [-0.05, 0) is 32.7 Å². The van der Waals surface area contributed by atoms with Gasteiger partial charge >= 0.3 is 0 Å². The van der Waals surface area contributed by atoms with Crippen molar-refractivity contribution in [3.63, 3.8) is 0 Å². The van der Waals surface area contributed by atoms with Gasteiger partial charge in [0.15, 0.2) is 5.96 Å². The molecule has 0 aromatic rings. The Hall–Kier alpha value is -0.810. The Bertz CT molecular complexity index is 283. The summed E-state index contributed by atoms with van der Waals surface area (Å²) in [5.41, 5.74) is 0. The van der Waals surface area contributed by atoms with E-state index in [1.54, 1.807) is 7.11 Å². The van der Waals surface area contributed by atoms with Crippen LogP contribution in [0.5, 0.6) is 0 Å². The summed E-state index contributed by atoms with van der Waals surface area (Å²) in [4.78, 5) is 9.44. The Kier molecular flexibility index (Phi) is 8.62. The summed E-state index contributed by atoms with van der Waals surface area (Å²) in [6.07, 6.45) is 2.62. The van der Waals surface area contributed by atoms with Gasteiger partial charge in [-0.25, -0.2) is 0 Å². The third-order valence-corrected chi connectivity index (χ3v) is 3.71. The van der Waals surface area contributed by atoms with E-state index in [1.165, 1.54) is 12.8 Å². The third-order valence-electron chi connectivity index (χ3n) is 3.71. The van der Waals surface area contributed by atoms with E-state index in [1.807, 2.05) is 0 Å². The zero-order valence-electron chi connectivity index (χ0n) is 13.7. The number of hydrogen-bond acceptors (Lipinski definition) is 3. The summed E-state index contributed by atoms with van der Waals surface area (Å²) >= 11 is 0. The highest BCUT2D eigenvalue weighted by molar-refractivity contribution is 5.80. The van der Waals surface area contributed by atoms with Gasteiger partial charge in [0, 0.05) is 39.8 Å². The Morgan fingerprint density at radius 1 is 1.45 bits per heavy atom. The average Bonchev–Trinajstić information content (AvgIpc) is 2.44. The summed E-state index contributed by atoms with van der Waals surface area (Å²) < 4.78 is 5.09. The maximum atomic E-state index is 5.09. The molecule has 0 aliphatic carbocycles. The molecule has 1 aliphatic rings. The highest BCUT2D eigenvalue weighted by Gasteiger charge is 2.18. The van der Waals surface area contributed by atoms with E-state index in [4.69, 9.17) is 9.73 Å². The van der Waals surface area contributed by atoms with E-state index in [0.29, 0.717) is 0 Å². The Morgan fingerprint density at radius 2 is 2.25 bits per heavy atom. The van der Waals surface area contributed by atoms with E-state index in [9.17, 15) is 0 Å². The molecule has 1 N–H and O–H groups in total. The van der Waals surface area contributed by atoms with Crippen molar-refractivity contribution in [2.45, 2.75) is 26.7 Å². The molecule has 0 radical (unpaired) electrons. The third kappa shape index (κ3) is 6.57. The molecule has 1 aliphatic heterocycles. The predicted octanol–water partition coefficient (Wildman–Crippen LogP) is 1.26. The molecule has 118 valence electrons. The number of guanidine groups is 1. The van der Waals surface area contributed by atoms with Crippen molar-refractivity contribution in [2.24, 2.45) is 10.9 Å². The van der Waals surface area contributed by atoms with Gasteiger partial charge in [-0.1, -0.05) is 6.92 Å². The van der Waals surface area contributed by atoms with Crippen LogP contribution in [-0.2, 0) is 4.74 Å². The minimum atomic E-state index is 0.775. The molecule has 0 spiro atoms. The molecule has 0 aromatic heterocycles. The van der Waals surface area contributed by atoms with Crippen LogP contribution in [-0.4, -0.2) is 75.8 Å². The van der Waals surface area contributed by atoms with E-state index >= 15 is 0 Å². The first-order valence-electron chi connectivity index (χ1n) is 7.88. The number of likely N-dealkylation sites (N-methyl/N-ethyl adjacent to an activating group) is 1. The minimum Gasteiger partial charge on any atom is -0.383 e. The van der Waals surface area contributed by atoms with Crippen LogP contribution in [0.25, 0.3) is 0 Å². The largest absolute Gasteiger partial charge is 0.383 e. The van der Waals surface area contributed by atoms with Crippen LogP contribution in [0.2, 0.25) is 0 Å². The van der Waals surface area contributed by atoms with Gasteiger partial charge in [0.2, 0.25) is 0 Å². The number of ether oxygens (including phenoxy) is 1. The van der Waals surface area contributed by atoms with Crippen LogP contribution >= 0.6 is 0 Å². The number of aliphatic imine (C=N–C) groups is 1. The first-order valence-corrected chi connectivity index (χ1v) is 7.88. The summed E-state index contributed by atoms with van der Waals surface area (Å²) in [6, 6.07) is 0. The Labute approximate surface area is 124 Å². The maximum Gasteiger partial charge on any atom is 0.193 e. The minimum absolute atomic E-state index is 0.775. The average molecular weight is 284 g/mol. The van der Waals surface area contributed by atoms with Crippen molar-refractivity contribution in [2.75, 3.05) is 60.0 Å². The van der Waals surface area contributed by atoms with Crippen LogP contribution in [0.4, 0.5) is 0 Å². The van der Waals surface area contributed by atoms with E-state index < -0.39 is 0 Å². The summed E-state index contributed by atoms with van der Waals surface area (Å²) in [7, 11) is 3.86. The van der Waals surface area contributed by atoms with Crippen molar-refractivity contribution in [1.29, 1.82) is 0 Å². The molecule has 1 heterocycles. The quantitative estimate of drug-likeness (QED) is 0.564. The molecule has 5 nitrogen and oxygen atoms in total. The van der Waals surface area contributed by atoms with Gasteiger partial charge < -0.3 is 19.9 Å². The van der Waals surface area contributed by atoms with E-state index in [-0.39, 0.29) is 0 Å². The smallest absolute Gasteiger partial charge is 0.193 e. The zero-order chi connectivity index (χ0) is 14.8. The molecule has 20 heavy (non-hydrogen) atoms. The van der Waals surface area contributed by atoms with Crippen molar-refractivity contribution in [3.8, 4) is 0 Å². The lowest BCUT2D eigenvalue weighted by Gasteiger charge is -2.33. The number of likely N-dealkylation sites (tertiary alicyclic amines) is 1. The lowest BCUT2D eigenvalue weighted by atomic mass is 10.0. The Morgan fingerprint density at radius 3 is 2.90 bits per heavy atom. The topological polar surface area (TPSA) is 40.1 Å². The van der Waals surface area contributed by atoms with Gasteiger partial charge in [-0.15, -0.1) is 0 Å². The normalized spacial score (nSPS) is 20.6. The maximum absolute atomic E-state index is 5.09. The van der Waals surface area contributed by atoms with Gasteiger partial charge in [-0.3, -0.25) is 4.99 Å². The molecular weight excluding hydrogens is 252 g/mol. The summed E-state index contributed by atoms with van der Waals surface area (Å²) in [6.45, 7) is 11.2. The van der Waals surface area contributed by atoms with E-state index in [0.717, 1.165) is 57.8 Å². The first-order chi connectivity index (χ1) is 9.67. The molecule has 1 atom stereocenters. The molecule has 1 unspecified atom stereocenters. The van der Waals surface area contributed by atoms with Gasteiger partial charge in [0.1, 0.15) is 0 Å². The number of piperidine rings is 1. The van der Waals surface area contributed by atoms with Crippen LogP contribution in [0.3, 0.4) is 0 Å². The van der Waals surface area contributed by atoms with Crippen molar-refractivity contribution >= 4 is 5.96 Å². The fraction of sp³-hybridized carbons (Fsp3) is 0.933. The highest BCUT2D eigenvalue weighted by Crippen LogP contribution is 2.15. The highest BCUT2D eigenvalue weighted by atomic mass is 16.5. The number of nitrogens with one attached hydrogen (secondary N) is 1. The van der Waals surface area contributed by atoms with Crippen molar-refractivity contribution in [3.05, 3.63) is 0 Å². The van der Waals surface area contributed by atoms with Gasteiger partial charge in [0.25, 0.3) is 0 Å². The van der Waals surface area contributed by atoms with Crippen LogP contribution in [0.1, 0.15) is 26.7 Å². The second-order valence-corrected chi connectivity index (χ2v) is 5.73. The second kappa shape index (κ2) is 10.00. The fourth-order valence-electron chi connectivity index (χ4n) is 2.49. The molecule has 0 saturated carbocycles. The number of nitrogens with zero attached hydrogens (tertiary/aromatic N) is 3. The SMILES string of the molecule is CCNC(=NCCN(C)CCOC)N1CCCC(C)C1. The lowest BCUT2D eigenvalue weighted by Crippen LogP contribution is -2.46. The van der Waals surface area contributed by atoms with Crippen molar-refractivity contribution < 1.29 is 4.74 Å². The summed E-state index contributed by atoms with van der Waals surface area (Å²) in [5.74, 6) is 1.86. The number of rotatable bonds is 7. The molecule has 0 aromatic carbocycles. The molecule has 0 bridgehead atoms. The Balaban J connectivity index is 2.41. The van der Waals surface area contributed by atoms with Gasteiger partial charge in [0.05, 0.1) is 13.2 Å². The van der Waals surface area contributed by atoms with Crippen LogP contribution in [0.15, 0.2) is 4.99 Å². The molecule has 5 heteroatoms. The standard InChI is InChI=1S/C15H32N4O/c1-5-16-15(19-9-6-7-14(2)13-19)17-8-10-18(3)11-12-20-4/h14H,5-13H2,1-4H3,(H,16,17). The monoisotopic (exact) mass is 284 g/mol. The molecule has 1 rings (SSSR count). The fourth-order valence-corrected chi connectivity index (χ4v) is 2.49. The molecular formula is C15H32N4O. The summed E-state index contributed by atoms with van der Waals surface area (Å²) in [5, 5.41) is 3.42. The zero-order valence-corrected chi connectivity index (χ0v) is 13.7. The molecule has 1 fully saturated rings. The number of methoxy groups -OCH3 is 1. The first kappa shape index (κ1) is 17.2. The molecule has 0 amide bonds. The molecule has 1 saturated heterocycles. The van der Waals surface area contributed by atoms with Crippen LogP contribution < -0.4 is 5.32 Å². The van der Waals surface area contributed by atoms with E-state index in [2.05, 4.69) is 36.0 Å². The number of hydrogen-bond donors (Lipinski definition) is 1. The predicted molar refractivity (Wildman–Crippen MR) is 85.3 cm³/mol. The second-order valence-electron chi connectivity index (χ2n) is 5.73. The van der Waals surface area contributed by atoms with Gasteiger partial charge in [-0.2, -0.15) is 0 Å².